The summed E-state index contributed by atoms with van der Waals surface area (Å²) in [5, 5.41) is 5.35. The first-order valence-corrected chi connectivity index (χ1v) is 13.7. The Morgan fingerprint density at radius 3 is 2.56 bits per heavy atom. The van der Waals surface area contributed by atoms with Gasteiger partial charge in [0, 0.05) is 17.6 Å². The van der Waals surface area contributed by atoms with Gasteiger partial charge in [-0.1, -0.05) is 42.1 Å². The number of carbonyl (C=O) groups excluding carboxylic acids is 1. The number of hydrogen-bond acceptors (Lipinski definition) is 6. The molecule has 1 aliphatic carbocycles. The topological polar surface area (TPSA) is 84.6 Å². The number of sulfone groups is 1. The molecule has 2 aliphatic rings. The molecule has 1 aliphatic heterocycles. The molecule has 3 heterocycles. The van der Waals surface area contributed by atoms with E-state index in [4.69, 9.17) is 4.98 Å². The van der Waals surface area contributed by atoms with E-state index in [0.29, 0.717) is 11.6 Å². The highest BCUT2D eigenvalue weighted by Gasteiger charge is 2.42. The number of thioether (sulfide) groups is 1. The second-order valence-corrected chi connectivity index (χ2v) is 11.9. The summed E-state index contributed by atoms with van der Waals surface area (Å²) < 4.78 is 25.8. The van der Waals surface area contributed by atoms with E-state index in [1.165, 1.54) is 11.8 Å². The highest BCUT2D eigenvalue weighted by molar-refractivity contribution is 7.99. The summed E-state index contributed by atoms with van der Waals surface area (Å²) >= 11 is 1.37. The summed E-state index contributed by atoms with van der Waals surface area (Å²) in [7, 11) is -3.04. The van der Waals surface area contributed by atoms with Gasteiger partial charge >= 0.3 is 0 Å². The average molecular weight is 471 g/mol. The number of imidazole rings is 1. The smallest absolute Gasteiger partial charge is 0.233 e. The molecule has 0 bridgehead atoms. The number of fused-ring (bicyclic) bond motifs is 1. The van der Waals surface area contributed by atoms with E-state index in [0.717, 1.165) is 40.9 Å². The van der Waals surface area contributed by atoms with Crippen LogP contribution in [0.4, 0.5) is 0 Å². The van der Waals surface area contributed by atoms with Crippen molar-refractivity contribution in [2.45, 2.75) is 50.4 Å². The van der Waals surface area contributed by atoms with Crippen LogP contribution in [0, 0.1) is 13.8 Å². The zero-order chi connectivity index (χ0) is 22.5. The third kappa shape index (κ3) is 4.15. The van der Waals surface area contributed by atoms with E-state index in [-0.39, 0.29) is 35.2 Å². The zero-order valence-corrected chi connectivity index (χ0v) is 19.8. The molecule has 1 aromatic carbocycles. The number of aromatic nitrogens is 3. The van der Waals surface area contributed by atoms with Gasteiger partial charge in [-0.2, -0.15) is 5.10 Å². The van der Waals surface area contributed by atoms with Crippen molar-refractivity contribution < 1.29 is 13.2 Å². The molecule has 0 spiro atoms. The third-order valence-corrected chi connectivity index (χ3v) is 8.75. The third-order valence-electron chi connectivity index (χ3n) is 6.08. The largest absolute Gasteiger partial charge is 0.335 e. The highest BCUT2D eigenvalue weighted by Crippen LogP contribution is 2.34. The molecule has 9 heteroatoms. The highest BCUT2D eigenvalue weighted by atomic mass is 32.2. The lowest BCUT2D eigenvalue weighted by Crippen LogP contribution is -2.43. The maximum Gasteiger partial charge on any atom is 0.233 e. The van der Waals surface area contributed by atoms with Gasteiger partial charge in [-0.05, 0) is 44.7 Å². The van der Waals surface area contributed by atoms with Gasteiger partial charge in [0.2, 0.25) is 5.91 Å². The Balaban J connectivity index is 1.43. The predicted molar refractivity (Wildman–Crippen MR) is 126 cm³/mol. The molecule has 5 rings (SSSR count). The molecule has 7 nitrogen and oxygen atoms in total. The van der Waals surface area contributed by atoms with Gasteiger partial charge in [-0.15, -0.1) is 0 Å². The summed E-state index contributed by atoms with van der Waals surface area (Å²) in [6.45, 7) is 4.00. The molecular weight excluding hydrogens is 444 g/mol. The van der Waals surface area contributed by atoms with Crippen LogP contribution in [0.5, 0.6) is 0 Å². The van der Waals surface area contributed by atoms with Crippen molar-refractivity contribution in [2.24, 2.45) is 0 Å². The Kier molecular flexibility index (Phi) is 5.49. The number of benzene rings is 1. The van der Waals surface area contributed by atoms with Crippen LogP contribution >= 0.6 is 11.8 Å². The fourth-order valence-corrected chi connectivity index (χ4v) is 7.07. The van der Waals surface area contributed by atoms with Crippen LogP contribution < -0.4 is 0 Å². The predicted octanol–water partition coefficient (Wildman–Crippen LogP) is 3.28. The number of amides is 1. The lowest BCUT2D eigenvalue weighted by Gasteiger charge is -2.28. The van der Waals surface area contributed by atoms with E-state index in [9.17, 15) is 13.2 Å². The van der Waals surface area contributed by atoms with Gasteiger partial charge in [0.25, 0.3) is 0 Å². The number of hydrogen-bond donors (Lipinski definition) is 0. The molecule has 2 fully saturated rings. The van der Waals surface area contributed by atoms with Crippen molar-refractivity contribution in [1.29, 1.82) is 0 Å². The van der Waals surface area contributed by atoms with Crippen LogP contribution in [-0.4, -0.2) is 63.2 Å². The van der Waals surface area contributed by atoms with Gasteiger partial charge in [0.1, 0.15) is 0 Å². The Morgan fingerprint density at radius 1 is 1.16 bits per heavy atom. The summed E-state index contributed by atoms with van der Waals surface area (Å²) in [6, 6.07) is 12.0. The zero-order valence-electron chi connectivity index (χ0n) is 18.2. The lowest BCUT2D eigenvalue weighted by atomic mass is 10.1. The SMILES string of the molecule is Cc1cc(C)c2c(-c3ccccc3)nc(SCC(=O)N(C3CC3)[C@@H]3CCS(=O)(=O)C3)n2n1. The summed E-state index contributed by atoms with van der Waals surface area (Å²) in [6.07, 6.45) is 2.45. The average Bonchev–Trinajstić information content (AvgIpc) is 3.41. The van der Waals surface area contributed by atoms with Crippen LogP contribution in [0.15, 0.2) is 41.6 Å². The normalized spacial score (nSPS) is 20.0. The van der Waals surface area contributed by atoms with E-state index in [1.807, 2.05) is 59.7 Å². The minimum atomic E-state index is -3.04. The van der Waals surface area contributed by atoms with Crippen LogP contribution in [0.2, 0.25) is 0 Å². The monoisotopic (exact) mass is 470 g/mol. The van der Waals surface area contributed by atoms with Crippen molar-refractivity contribution in [3.05, 3.63) is 47.7 Å². The molecule has 2 aromatic heterocycles. The van der Waals surface area contributed by atoms with Gasteiger partial charge in [0.05, 0.1) is 34.2 Å². The molecule has 3 aromatic rings. The Bertz CT molecular complexity index is 1280. The van der Waals surface area contributed by atoms with E-state index >= 15 is 0 Å². The molecule has 1 atom stereocenters. The summed E-state index contributed by atoms with van der Waals surface area (Å²) in [5.74, 6) is 0.469. The fourth-order valence-electron chi connectivity index (χ4n) is 4.55. The molecule has 1 saturated carbocycles. The number of nitrogens with zero attached hydrogens (tertiary/aromatic N) is 4. The first-order chi connectivity index (χ1) is 15.3. The number of rotatable bonds is 6. The first kappa shape index (κ1) is 21.5. The Labute approximate surface area is 192 Å². The standard InChI is InChI=1S/C23H26N4O3S2/c1-15-12-16(2)25-27-22(15)21(17-6-4-3-5-7-17)24-23(27)31-13-20(28)26(18-8-9-18)19-10-11-32(29,30)14-19/h3-7,12,18-19H,8-11,13-14H2,1-2H3/t19-/m1/s1. The van der Waals surface area contributed by atoms with Crippen LogP contribution in [0.25, 0.3) is 16.8 Å². The van der Waals surface area contributed by atoms with Crippen molar-refractivity contribution >= 4 is 33.0 Å². The Morgan fingerprint density at radius 2 is 1.91 bits per heavy atom. The minimum Gasteiger partial charge on any atom is -0.335 e. The number of aryl methyl sites for hydroxylation is 2. The van der Waals surface area contributed by atoms with Gasteiger partial charge in [-0.25, -0.2) is 17.9 Å². The van der Waals surface area contributed by atoms with Gasteiger partial charge in [-0.3, -0.25) is 4.79 Å². The van der Waals surface area contributed by atoms with Crippen LogP contribution in [-0.2, 0) is 14.6 Å². The molecule has 1 saturated heterocycles. The second kappa shape index (κ2) is 8.19. The number of carbonyl (C=O) groups is 1. The molecule has 168 valence electrons. The molecule has 0 radical (unpaired) electrons. The minimum absolute atomic E-state index is 0.0120. The van der Waals surface area contributed by atoms with E-state index < -0.39 is 9.84 Å². The lowest BCUT2D eigenvalue weighted by molar-refractivity contribution is -0.130. The van der Waals surface area contributed by atoms with Crippen molar-refractivity contribution in [1.82, 2.24) is 19.5 Å². The maximum atomic E-state index is 13.2. The molecular formula is C23H26N4O3S2. The summed E-state index contributed by atoms with van der Waals surface area (Å²) in [4.78, 5) is 19.9. The quantitative estimate of drug-likeness (QED) is 0.514. The molecule has 0 N–H and O–H groups in total. The summed E-state index contributed by atoms with van der Waals surface area (Å²) in [5.41, 5.74) is 4.77. The van der Waals surface area contributed by atoms with E-state index in [1.54, 1.807) is 0 Å². The van der Waals surface area contributed by atoms with E-state index in [2.05, 4.69) is 5.10 Å². The molecule has 0 unspecified atom stereocenters. The molecule has 1 amide bonds. The van der Waals surface area contributed by atoms with Crippen LogP contribution in [0.1, 0.15) is 30.5 Å². The van der Waals surface area contributed by atoms with Crippen molar-refractivity contribution in [3.63, 3.8) is 0 Å². The van der Waals surface area contributed by atoms with Gasteiger partial charge in [0.15, 0.2) is 15.0 Å². The van der Waals surface area contributed by atoms with Crippen molar-refractivity contribution in [3.8, 4) is 11.3 Å². The molecule has 32 heavy (non-hydrogen) atoms. The first-order valence-electron chi connectivity index (χ1n) is 10.9. The second-order valence-electron chi connectivity index (χ2n) is 8.72. The fraction of sp³-hybridized carbons (Fsp3) is 0.435. The Hall–Kier alpha value is -2.39. The van der Waals surface area contributed by atoms with Gasteiger partial charge < -0.3 is 4.90 Å². The maximum absolute atomic E-state index is 13.2. The van der Waals surface area contributed by atoms with Crippen LogP contribution in [0.3, 0.4) is 0 Å². The van der Waals surface area contributed by atoms with Crippen molar-refractivity contribution in [2.75, 3.05) is 17.3 Å².